The minimum absolute atomic E-state index is 1.08. The van der Waals surface area contributed by atoms with Gasteiger partial charge in [-0.05, 0) is 41.5 Å². The maximum atomic E-state index is 4.10. The zero-order valence-corrected chi connectivity index (χ0v) is 11.6. The summed E-state index contributed by atoms with van der Waals surface area (Å²) in [7, 11) is 0. The third-order valence-electron chi connectivity index (χ3n) is 3.13. The summed E-state index contributed by atoms with van der Waals surface area (Å²) in [5, 5.41) is 3.37. The zero-order chi connectivity index (χ0) is 14.3. The van der Waals surface area contributed by atoms with E-state index in [1.165, 1.54) is 0 Å². The maximum absolute atomic E-state index is 4.10. The fraction of sp³-hybridized carbons (Fsp3) is 0. The van der Waals surface area contributed by atoms with Gasteiger partial charge in [0, 0.05) is 23.8 Å². The number of pyridine rings is 1. The Morgan fingerprint density at radius 1 is 0.667 bits per heavy atom. The molecule has 0 aliphatic rings. The molecule has 0 atom stereocenters. The number of rotatable bonds is 4. The summed E-state index contributed by atoms with van der Waals surface area (Å²) in [5.74, 6) is 0. The van der Waals surface area contributed by atoms with Crippen molar-refractivity contribution in [2.45, 2.75) is 0 Å². The SMILES string of the molecule is C(=C\c1cccnc1)/c1ccc(Nc2ccccc2)cc1. The normalized spacial score (nSPS) is 10.7. The Morgan fingerprint density at radius 2 is 1.38 bits per heavy atom. The first-order valence-electron chi connectivity index (χ1n) is 6.90. The van der Waals surface area contributed by atoms with Crippen LogP contribution < -0.4 is 5.32 Å². The van der Waals surface area contributed by atoms with E-state index in [-0.39, 0.29) is 0 Å². The highest BCUT2D eigenvalue weighted by Gasteiger charge is 1.94. The Morgan fingerprint density at radius 3 is 2.10 bits per heavy atom. The van der Waals surface area contributed by atoms with Gasteiger partial charge in [-0.3, -0.25) is 4.98 Å². The Bertz CT molecular complexity index is 702. The van der Waals surface area contributed by atoms with Crippen LogP contribution in [0.1, 0.15) is 11.1 Å². The van der Waals surface area contributed by atoms with Crippen LogP contribution in [0.25, 0.3) is 12.2 Å². The first-order chi connectivity index (χ1) is 10.4. The van der Waals surface area contributed by atoms with Gasteiger partial charge in [-0.25, -0.2) is 0 Å². The van der Waals surface area contributed by atoms with Crippen LogP contribution in [0.4, 0.5) is 11.4 Å². The fourth-order valence-electron chi connectivity index (χ4n) is 2.03. The molecule has 0 amide bonds. The van der Waals surface area contributed by atoms with Crippen molar-refractivity contribution in [3.05, 3.63) is 90.3 Å². The lowest BCUT2D eigenvalue weighted by atomic mass is 10.1. The van der Waals surface area contributed by atoms with E-state index in [1.807, 2.05) is 36.5 Å². The molecule has 1 heterocycles. The predicted molar refractivity (Wildman–Crippen MR) is 89.3 cm³/mol. The molecule has 102 valence electrons. The van der Waals surface area contributed by atoms with E-state index in [1.54, 1.807) is 6.20 Å². The maximum Gasteiger partial charge on any atom is 0.0384 e. The molecule has 2 nitrogen and oxygen atoms in total. The number of para-hydroxylation sites is 1. The van der Waals surface area contributed by atoms with Crippen molar-refractivity contribution >= 4 is 23.5 Å². The molecule has 2 aromatic carbocycles. The van der Waals surface area contributed by atoms with E-state index in [9.17, 15) is 0 Å². The highest BCUT2D eigenvalue weighted by atomic mass is 14.9. The number of anilines is 2. The second kappa shape index (κ2) is 6.53. The smallest absolute Gasteiger partial charge is 0.0384 e. The van der Waals surface area contributed by atoms with E-state index in [2.05, 4.69) is 58.9 Å². The second-order valence-electron chi connectivity index (χ2n) is 4.73. The summed E-state index contributed by atoms with van der Waals surface area (Å²) in [4.78, 5) is 4.10. The summed E-state index contributed by atoms with van der Waals surface area (Å²) in [5.41, 5.74) is 4.44. The number of benzene rings is 2. The monoisotopic (exact) mass is 272 g/mol. The standard InChI is InChI=1S/C19H16N2/c1-2-6-18(7-3-1)21-19-12-10-16(11-13-19)8-9-17-5-4-14-20-15-17/h1-15,21H/b9-8+. The Balaban J connectivity index is 1.68. The number of hydrogen-bond donors (Lipinski definition) is 1. The molecule has 2 heteroatoms. The van der Waals surface area contributed by atoms with Gasteiger partial charge in [-0.2, -0.15) is 0 Å². The number of aromatic nitrogens is 1. The van der Waals surface area contributed by atoms with Crippen LogP contribution in [-0.2, 0) is 0 Å². The summed E-state index contributed by atoms with van der Waals surface area (Å²) in [6.45, 7) is 0. The molecule has 1 N–H and O–H groups in total. The van der Waals surface area contributed by atoms with Crippen molar-refractivity contribution in [1.82, 2.24) is 4.98 Å². The Labute approximate surface area is 124 Å². The van der Waals surface area contributed by atoms with Gasteiger partial charge in [0.1, 0.15) is 0 Å². The second-order valence-corrected chi connectivity index (χ2v) is 4.73. The van der Waals surface area contributed by atoms with Crippen LogP contribution in [0, 0.1) is 0 Å². The van der Waals surface area contributed by atoms with Crippen LogP contribution >= 0.6 is 0 Å². The minimum Gasteiger partial charge on any atom is -0.356 e. The number of nitrogens with zero attached hydrogens (tertiary/aromatic N) is 1. The highest BCUT2D eigenvalue weighted by Crippen LogP contribution is 2.17. The number of nitrogens with one attached hydrogen (secondary N) is 1. The van der Waals surface area contributed by atoms with Gasteiger partial charge in [0.2, 0.25) is 0 Å². The van der Waals surface area contributed by atoms with Crippen LogP contribution in [-0.4, -0.2) is 4.98 Å². The molecule has 3 rings (SSSR count). The molecule has 0 fully saturated rings. The van der Waals surface area contributed by atoms with E-state index >= 15 is 0 Å². The van der Waals surface area contributed by atoms with Crippen LogP contribution in [0.5, 0.6) is 0 Å². The van der Waals surface area contributed by atoms with Crippen molar-refractivity contribution in [2.24, 2.45) is 0 Å². The molecule has 3 aromatic rings. The van der Waals surface area contributed by atoms with Crippen LogP contribution in [0.2, 0.25) is 0 Å². The average Bonchev–Trinajstić information content (AvgIpc) is 2.56. The van der Waals surface area contributed by atoms with Crippen molar-refractivity contribution < 1.29 is 0 Å². The summed E-state index contributed by atoms with van der Waals surface area (Å²) in [6, 6.07) is 22.5. The van der Waals surface area contributed by atoms with Crippen LogP contribution in [0.3, 0.4) is 0 Å². The van der Waals surface area contributed by atoms with Crippen molar-refractivity contribution in [3.8, 4) is 0 Å². The molecule has 1 aromatic heterocycles. The van der Waals surface area contributed by atoms with Gasteiger partial charge < -0.3 is 5.32 Å². The van der Waals surface area contributed by atoms with Gasteiger partial charge in [0.05, 0.1) is 0 Å². The van der Waals surface area contributed by atoms with E-state index in [0.29, 0.717) is 0 Å². The molecule has 0 aliphatic carbocycles. The van der Waals surface area contributed by atoms with E-state index in [4.69, 9.17) is 0 Å². The third kappa shape index (κ3) is 3.80. The molecule has 0 saturated carbocycles. The lowest BCUT2D eigenvalue weighted by molar-refractivity contribution is 1.32. The molecular formula is C19H16N2. The summed E-state index contributed by atoms with van der Waals surface area (Å²) >= 11 is 0. The van der Waals surface area contributed by atoms with Gasteiger partial charge in [0.25, 0.3) is 0 Å². The highest BCUT2D eigenvalue weighted by molar-refractivity contribution is 5.70. The molecule has 21 heavy (non-hydrogen) atoms. The first kappa shape index (κ1) is 13.1. The largest absolute Gasteiger partial charge is 0.356 e. The van der Waals surface area contributed by atoms with E-state index < -0.39 is 0 Å². The molecule has 0 bridgehead atoms. The molecular weight excluding hydrogens is 256 g/mol. The lowest BCUT2D eigenvalue weighted by Crippen LogP contribution is -1.89. The van der Waals surface area contributed by atoms with E-state index in [0.717, 1.165) is 22.5 Å². The van der Waals surface area contributed by atoms with Gasteiger partial charge in [-0.15, -0.1) is 0 Å². The van der Waals surface area contributed by atoms with Crippen molar-refractivity contribution in [3.63, 3.8) is 0 Å². The molecule has 0 saturated heterocycles. The predicted octanol–water partition coefficient (Wildman–Crippen LogP) is 5.00. The minimum atomic E-state index is 1.08. The van der Waals surface area contributed by atoms with Gasteiger partial charge in [-0.1, -0.05) is 48.6 Å². The topological polar surface area (TPSA) is 24.9 Å². The summed E-state index contributed by atoms with van der Waals surface area (Å²) in [6.07, 6.45) is 7.78. The quantitative estimate of drug-likeness (QED) is 0.723. The Kier molecular flexibility index (Phi) is 4.08. The van der Waals surface area contributed by atoms with Crippen molar-refractivity contribution in [2.75, 3.05) is 5.32 Å². The first-order valence-corrected chi connectivity index (χ1v) is 6.90. The van der Waals surface area contributed by atoms with Gasteiger partial charge in [0.15, 0.2) is 0 Å². The molecule has 0 spiro atoms. The molecule has 0 unspecified atom stereocenters. The lowest BCUT2D eigenvalue weighted by Gasteiger charge is -2.06. The van der Waals surface area contributed by atoms with Gasteiger partial charge >= 0.3 is 0 Å². The third-order valence-corrected chi connectivity index (χ3v) is 3.13. The Hall–Kier alpha value is -2.87. The van der Waals surface area contributed by atoms with Crippen LogP contribution in [0.15, 0.2) is 79.1 Å². The fourth-order valence-corrected chi connectivity index (χ4v) is 2.03. The zero-order valence-electron chi connectivity index (χ0n) is 11.6. The molecule has 0 radical (unpaired) electrons. The average molecular weight is 272 g/mol. The number of hydrogen-bond acceptors (Lipinski definition) is 2. The molecule has 0 aliphatic heterocycles. The van der Waals surface area contributed by atoms with Crippen molar-refractivity contribution in [1.29, 1.82) is 0 Å². The summed E-state index contributed by atoms with van der Waals surface area (Å²) < 4.78 is 0.